The highest BCUT2D eigenvalue weighted by Crippen LogP contribution is 2.22. The van der Waals surface area contributed by atoms with Crippen molar-refractivity contribution >= 4 is 11.6 Å². The number of carbonyl (C=O) groups excluding carboxylic acids is 1. The SMILES string of the molecule is CNCCC1CCN(C(C)C(=O)Nc2ccc(F)cc2F)CC1. The monoisotopic (exact) mass is 325 g/mol. The number of carbonyl (C=O) groups is 1. The van der Waals surface area contributed by atoms with Crippen molar-refractivity contribution in [3.8, 4) is 0 Å². The van der Waals surface area contributed by atoms with Gasteiger partial charge in [0.1, 0.15) is 11.6 Å². The molecule has 0 spiro atoms. The van der Waals surface area contributed by atoms with Crippen LogP contribution >= 0.6 is 0 Å². The van der Waals surface area contributed by atoms with Crippen molar-refractivity contribution in [2.24, 2.45) is 5.92 Å². The van der Waals surface area contributed by atoms with Crippen LogP contribution in [0.3, 0.4) is 0 Å². The van der Waals surface area contributed by atoms with Crippen molar-refractivity contribution in [1.29, 1.82) is 0 Å². The van der Waals surface area contributed by atoms with Crippen molar-refractivity contribution in [2.45, 2.75) is 32.2 Å². The van der Waals surface area contributed by atoms with Crippen molar-refractivity contribution in [2.75, 3.05) is 32.0 Å². The second kappa shape index (κ2) is 8.36. The third-order valence-corrected chi connectivity index (χ3v) is 4.57. The number of hydrogen-bond acceptors (Lipinski definition) is 3. The third-order valence-electron chi connectivity index (χ3n) is 4.57. The first-order valence-electron chi connectivity index (χ1n) is 8.16. The first kappa shape index (κ1) is 17.8. The fourth-order valence-electron chi connectivity index (χ4n) is 2.97. The predicted octanol–water partition coefficient (Wildman–Crippen LogP) is 2.61. The number of likely N-dealkylation sites (tertiary alicyclic amines) is 1. The lowest BCUT2D eigenvalue weighted by atomic mass is 9.93. The Bertz CT molecular complexity index is 531. The summed E-state index contributed by atoms with van der Waals surface area (Å²) in [6.07, 6.45) is 3.31. The van der Waals surface area contributed by atoms with Gasteiger partial charge in [-0.2, -0.15) is 0 Å². The Labute approximate surface area is 136 Å². The Morgan fingerprint density at radius 1 is 1.35 bits per heavy atom. The Kier molecular flexibility index (Phi) is 6.47. The Morgan fingerprint density at radius 3 is 2.65 bits per heavy atom. The van der Waals surface area contributed by atoms with E-state index in [-0.39, 0.29) is 17.6 Å². The average Bonchev–Trinajstić information content (AvgIpc) is 2.55. The minimum atomic E-state index is -0.753. The highest BCUT2D eigenvalue weighted by Gasteiger charge is 2.26. The molecule has 0 saturated carbocycles. The molecule has 6 heteroatoms. The van der Waals surface area contributed by atoms with E-state index in [9.17, 15) is 13.6 Å². The molecule has 2 N–H and O–H groups in total. The zero-order valence-electron chi connectivity index (χ0n) is 13.7. The van der Waals surface area contributed by atoms with Crippen LogP contribution in [0.15, 0.2) is 18.2 Å². The molecule has 1 saturated heterocycles. The largest absolute Gasteiger partial charge is 0.322 e. The third kappa shape index (κ3) is 4.97. The van der Waals surface area contributed by atoms with Crippen LogP contribution in [-0.4, -0.2) is 43.5 Å². The number of piperidine rings is 1. The minimum absolute atomic E-state index is 0.0205. The molecule has 0 aliphatic carbocycles. The number of hydrogen-bond donors (Lipinski definition) is 2. The van der Waals surface area contributed by atoms with Crippen LogP contribution < -0.4 is 10.6 Å². The van der Waals surface area contributed by atoms with E-state index in [1.54, 1.807) is 0 Å². The first-order chi connectivity index (χ1) is 11.0. The van der Waals surface area contributed by atoms with Crippen molar-refractivity contribution in [3.05, 3.63) is 29.8 Å². The summed E-state index contributed by atoms with van der Waals surface area (Å²) in [6, 6.07) is 2.83. The smallest absolute Gasteiger partial charge is 0.241 e. The van der Waals surface area contributed by atoms with E-state index in [1.807, 2.05) is 14.0 Å². The van der Waals surface area contributed by atoms with E-state index in [2.05, 4.69) is 15.5 Å². The van der Waals surface area contributed by atoms with Gasteiger partial charge in [0.05, 0.1) is 11.7 Å². The Hall–Kier alpha value is -1.53. The topological polar surface area (TPSA) is 44.4 Å². The number of rotatable bonds is 6. The predicted molar refractivity (Wildman–Crippen MR) is 87.3 cm³/mol. The van der Waals surface area contributed by atoms with Crippen LogP contribution in [0.1, 0.15) is 26.2 Å². The molecule has 1 aliphatic heterocycles. The first-order valence-corrected chi connectivity index (χ1v) is 8.16. The number of nitrogens with one attached hydrogen (secondary N) is 2. The molecular formula is C17H25F2N3O. The summed E-state index contributed by atoms with van der Waals surface area (Å²) >= 11 is 0. The van der Waals surface area contributed by atoms with Gasteiger partial charge in [-0.15, -0.1) is 0 Å². The quantitative estimate of drug-likeness (QED) is 0.845. The number of nitrogens with zero attached hydrogens (tertiary/aromatic N) is 1. The molecule has 1 aromatic carbocycles. The maximum atomic E-state index is 13.6. The van der Waals surface area contributed by atoms with Gasteiger partial charge in [-0.1, -0.05) is 0 Å². The molecule has 4 nitrogen and oxygen atoms in total. The average molecular weight is 325 g/mol. The summed E-state index contributed by atoms with van der Waals surface area (Å²) in [7, 11) is 1.95. The van der Waals surface area contributed by atoms with E-state index in [1.165, 1.54) is 6.07 Å². The van der Waals surface area contributed by atoms with Gasteiger partial charge in [-0.25, -0.2) is 8.78 Å². The second-order valence-electron chi connectivity index (χ2n) is 6.16. The number of anilines is 1. The van der Waals surface area contributed by atoms with E-state index >= 15 is 0 Å². The normalized spacial score (nSPS) is 17.9. The minimum Gasteiger partial charge on any atom is -0.322 e. The zero-order valence-corrected chi connectivity index (χ0v) is 13.7. The standard InChI is InChI=1S/C17H25F2N3O/c1-12(22-9-6-13(7-10-22)5-8-20-2)17(23)21-16-4-3-14(18)11-15(16)19/h3-4,11-13,20H,5-10H2,1-2H3,(H,21,23). The van der Waals surface area contributed by atoms with Crippen LogP contribution in [0.5, 0.6) is 0 Å². The lowest BCUT2D eigenvalue weighted by Crippen LogP contribution is -2.46. The van der Waals surface area contributed by atoms with E-state index in [0.29, 0.717) is 5.92 Å². The van der Waals surface area contributed by atoms with E-state index < -0.39 is 11.6 Å². The number of benzene rings is 1. The maximum absolute atomic E-state index is 13.6. The molecule has 128 valence electrons. The van der Waals surface area contributed by atoms with Crippen LogP contribution in [0.4, 0.5) is 14.5 Å². The van der Waals surface area contributed by atoms with E-state index in [4.69, 9.17) is 0 Å². The van der Waals surface area contributed by atoms with Gasteiger partial charge in [-0.3, -0.25) is 9.69 Å². The van der Waals surface area contributed by atoms with Gasteiger partial charge >= 0.3 is 0 Å². The molecule has 0 radical (unpaired) electrons. The molecule has 23 heavy (non-hydrogen) atoms. The fraction of sp³-hybridized carbons (Fsp3) is 0.588. The molecule has 1 unspecified atom stereocenters. The van der Waals surface area contributed by atoms with Gasteiger partial charge in [0.15, 0.2) is 0 Å². The van der Waals surface area contributed by atoms with Crippen molar-refractivity contribution in [3.63, 3.8) is 0 Å². The molecule has 1 heterocycles. The maximum Gasteiger partial charge on any atom is 0.241 e. The van der Waals surface area contributed by atoms with Crippen LogP contribution in [0, 0.1) is 17.6 Å². The molecular weight excluding hydrogens is 300 g/mol. The van der Waals surface area contributed by atoms with Gasteiger partial charge in [-0.05, 0) is 70.9 Å². The lowest BCUT2D eigenvalue weighted by molar-refractivity contribution is -0.121. The Balaban J connectivity index is 1.85. The second-order valence-corrected chi connectivity index (χ2v) is 6.16. The fourth-order valence-corrected chi connectivity index (χ4v) is 2.97. The number of amides is 1. The summed E-state index contributed by atoms with van der Waals surface area (Å²) < 4.78 is 26.5. The molecule has 1 fully saturated rings. The molecule has 0 aromatic heterocycles. The van der Waals surface area contributed by atoms with Crippen LogP contribution in [0.2, 0.25) is 0 Å². The summed E-state index contributed by atoms with van der Waals surface area (Å²) in [4.78, 5) is 14.4. The van der Waals surface area contributed by atoms with Crippen LogP contribution in [0.25, 0.3) is 0 Å². The molecule has 2 rings (SSSR count). The molecule has 1 aliphatic rings. The van der Waals surface area contributed by atoms with Gasteiger partial charge in [0, 0.05) is 6.07 Å². The summed E-state index contributed by atoms with van der Waals surface area (Å²) in [5.41, 5.74) is 0.0205. The number of halogens is 2. The molecule has 1 aromatic rings. The highest BCUT2D eigenvalue weighted by atomic mass is 19.1. The highest BCUT2D eigenvalue weighted by molar-refractivity contribution is 5.94. The Morgan fingerprint density at radius 2 is 2.04 bits per heavy atom. The van der Waals surface area contributed by atoms with E-state index in [0.717, 1.165) is 51.0 Å². The zero-order chi connectivity index (χ0) is 16.8. The summed E-state index contributed by atoms with van der Waals surface area (Å²) in [5.74, 6) is -0.971. The van der Waals surface area contributed by atoms with Crippen molar-refractivity contribution < 1.29 is 13.6 Å². The van der Waals surface area contributed by atoms with Crippen LogP contribution in [-0.2, 0) is 4.79 Å². The lowest BCUT2D eigenvalue weighted by Gasteiger charge is -2.35. The summed E-state index contributed by atoms with van der Waals surface area (Å²) in [6.45, 7) is 4.58. The molecule has 0 bridgehead atoms. The molecule has 1 amide bonds. The van der Waals surface area contributed by atoms with Gasteiger partial charge in [0.25, 0.3) is 0 Å². The molecule has 1 atom stereocenters. The van der Waals surface area contributed by atoms with Crippen molar-refractivity contribution in [1.82, 2.24) is 10.2 Å². The van der Waals surface area contributed by atoms with Gasteiger partial charge in [0.2, 0.25) is 5.91 Å². The van der Waals surface area contributed by atoms with Gasteiger partial charge < -0.3 is 10.6 Å². The summed E-state index contributed by atoms with van der Waals surface area (Å²) in [5, 5.41) is 5.71.